The zero-order valence-electron chi connectivity index (χ0n) is 16.8. The summed E-state index contributed by atoms with van der Waals surface area (Å²) in [6.07, 6.45) is 11.2. The highest BCUT2D eigenvalue weighted by molar-refractivity contribution is 8.00. The fourth-order valence-corrected chi connectivity index (χ4v) is 7.37. The molecule has 0 unspecified atom stereocenters. The molecule has 1 saturated heterocycles. The minimum absolute atomic E-state index is 0.0746. The molecular weight excluding hydrogens is 404 g/mol. The van der Waals surface area contributed by atoms with Crippen molar-refractivity contribution >= 4 is 39.1 Å². The van der Waals surface area contributed by atoms with Gasteiger partial charge >= 0.3 is 0 Å². The average molecular weight is 433 g/mol. The number of thiophene rings is 1. The van der Waals surface area contributed by atoms with Crippen LogP contribution in [0.15, 0.2) is 9.95 Å². The second kappa shape index (κ2) is 8.52. The summed E-state index contributed by atoms with van der Waals surface area (Å²) in [5.41, 5.74) is 1.31. The molecule has 0 spiro atoms. The molecule has 5 rings (SSSR count). The molecule has 5 nitrogen and oxygen atoms in total. The van der Waals surface area contributed by atoms with Crippen LogP contribution in [0.3, 0.4) is 0 Å². The maximum absolute atomic E-state index is 13.6. The number of aryl methyl sites for hydroxylation is 2. The molecule has 0 aromatic carbocycles. The lowest BCUT2D eigenvalue weighted by Crippen LogP contribution is -2.30. The van der Waals surface area contributed by atoms with Gasteiger partial charge in [0.1, 0.15) is 10.6 Å². The summed E-state index contributed by atoms with van der Waals surface area (Å²) in [6, 6.07) is 0. The van der Waals surface area contributed by atoms with Crippen LogP contribution in [0.25, 0.3) is 10.2 Å². The van der Waals surface area contributed by atoms with Gasteiger partial charge in [0.2, 0.25) is 0 Å². The van der Waals surface area contributed by atoms with Crippen LogP contribution >= 0.6 is 23.1 Å². The fraction of sp³-hybridized carbons (Fsp3) is 0.682. The number of thioether (sulfide) groups is 1. The summed E-state index contributed by atoms with van der Waals surface area (Å²) in [5, 5.41) is 1.48. The molecule has 0 amide bonds. The van der Waals surface area contributed by atoms with Gasteiger partial charge in [0.05, 0.1) is 23.3 Å². The molecule has 0 radical (unpaired) electrons. The fourth-order valence-electron chi connectivity index (χ4n) is 4.84. The van der Waals surface area contributed by atoms with Gasteiger partial charge in [-0.2, -0.15) is 0 Å². The van der Waals surface area contributed by atoms with Crippen molar-refractivity contribution in [1.29, 1.82) is 0 Å². The van der Waals surface area contributed by atoms with E-state index in [1.54, 1.807) is 11.3 Å². The van der Waals surface area contributed by atoms with E-state index in [1.807, 2.05) is 4.57 Å². The third kappa shape index (κ3) is 3.93. The quantitative estimate of drug-likeness (QED) is 0.525. The van der Waals surface area contributed by atoms with Crippen LogP contribution < -0.4 is 5.56 Å². The molecule has 3 aliphatic rings. The number of rotatable bonds is 4. The molecule has 29 heavy (non-hydrogen) atoms. The van der Waals surface area contributed by atoms with E-state index in [4.69, 9.17) is 9.72 Å². The maximum Gasteiger partial charge on any atom is 0.263 e. The first-order valence-corrected chi connectivity index (χ1v) is 12.8. The van der Waals surface area contributed by atoms with Gasteiger partial charge < -0.3 is 4.74 Å². The lowest BCUT2D eigenvalue weighted by atomic mass is 9.97. The van der Waals surface area contributed by atoms with Gasteiger partial charge in [-0.15, -0.1) is 11.3 Å². The smallest absolute Gasteiger partial charge is 0.263 e. The Balaban J connectivity index is 1.58. The molecule has 7 heteroatoms. The van der Waals surface area contributed by atoms with E-state index in [0.717, 1.165) is 79.8 Å². The number of nitrogens with zero attached hydrogens (tertiary/aromatic N) is 2. The number of Topliss-reactive ketones (excluding diaryl/α,β-unsaturated/α-hetero) is 1. The Morgan fingerprint density at radius 3 is 2.76 bits per heavy atom. The van der Waals surface area contributed by atoms with Crippen molar-refractivity contribution in [2.75, 3.05) is 6.61 Å². The Kier molecular flexibility index (Phi) is 5.80. The van der Waals surface area contributed by atoms with E-state index in [2.05, 4.69) is 0 Å². The van der Waals surface area contributed by atoms with Crippen LogP contribution in [0.4, 0.5) is 0 Å². The number of aromatic nitrogens is 2. The van der Waals surface area contributed by atoms with E-state index in [-0.39, 0.29) is 16.9 Å². The van der Waals surface area contributed by atoms with E-state index in [0.29, 0.717) is 18.7 Å². The number of ketones is 1. The first-order valence-electron chi connectivity index (χ1n) is 11.1. The van der Waals surface area contributed by atoms with Crippen molar-refractivity contribution in [3.05, 3.63) is 20.8 Å². The van der Waals surface area contributed by atoms with Gasteiger partial charge in [0, 0.05) is 17.9 Å². The number of hydrogen-bond acceptors (Lipinski definition) is 6. The SMILES string of the molecule is O=C1CCCCC[C@@H]1Sc1nc2sc3c(c2c(=O)n1C[C@@H]1CCCO1)CCCC3. The van der Waals surface area contributed by atoms with Crippen LogP contribution in [0.1, 0.15) is 68.2 Å². The minimum Gasteiger partial charge on any atom is -0.376 e. The molecule has 2 atom stereocenters. The number of hydrogen-bond donors (Lipinski definition) is 0. The molecule has 156 valence electrons. The molecule has 2 aromatic heterocycles. The van der Waals surface area contributed by atoms with E-state index < -0.39 is 0 Å². The lowest BCUT2D eigenvalue weighted by Gasteiger charge is -2.19. The van der Waals surface area contributed by atoms with Crippen LogP contribution in [0.2, 0.25) is 0 Å². The van der Waals surface area contributed by atoms with Gasteiger partial charge in [0.25, 0.3) is 5.56 Å². The topological polar surface area (TPSA) is 61.2 Å². The molecular formula is C22H28N2O3S2. The first kappa shape index (κ1) is 19.8. The Morgan fingerprint density at radius 2 is 1.90 bits per heavy atom. The highest BCUT2D eigenvalue weighted by atomic mass is 32.2. The van der Waals surface area contributed by atoms with Gasteiger partial charge in [0.15, 0.2) is 5.16 Å². The second-order valence-electron chi connectivity index (χ2n) is 8.51. The van der Waals surface area contributed by atoms with Gasteiger partial charge in [-0.05, 0) is 56.9 Å². The third-order valence-corrected chi connectivity index (χ3v) is 8.94. The van der Waals surface area contributed by atoms with Crippen LogP contribution in [-0.2, 0) is 28.9 Å². The summed E-state index contributed by atoms with van der Waals surface area (Å²) >= 11 is 3.22. The summed E-state index contributed by atoms with van der Waals surface area (Å²) < 4.78 is 7.68. The predicted octanol–water partition coefficient (Wildman–Crippen LogP) is 4.51. The highest BCUT2D eigenvalue weighted by Gasteiger charge is 2.28. The standard InChI is InChI=1S/C22H28N2O3S2/c25-16-9-2-1-3-11-18(16)29-22-23-20-19(15-8-4-5-10-17(15)28-20)21(26)24(22)13-14-7-6-12-27-14/h14,18H,1-13H2/t14-,18-/m0/s1. The normalized spacial score (nSPS) is 25.3. The Morgan fingerprint density at radius 1 is 1.03 bits per heavy atom. The molecule has 2 fully saturated rings. The van der Waals surface area contributed by atoms with Gasteiger partial charge in [-0.3, -0.25) is 14.2 Å². The van der Waals surface area contributed by atoms with Crippen LogP contribution in [-0.4, -0.2) is 33.3 Å². The van der Waals surface area contributed by atoms with Crippen LogP contribution in [0.5, 0.6) is 0 Å². The number of fused-ring (bicyclic) bond motifs is 3. The number of carbonyl (C=O) groups is 1. The Labute approximate surface area is 179 Å². The Hall–Kier alpha value is -1.18. The molecule has 1 saturated carbocycles. The first-order chi connectivity index (χ1) is 14.2. The Bertz CT molecular complexity index is 975. The van der Waals surface area contributed by atoms with Crippen molar-refractivity contribution < 1.29 is 9.53 Å². The van der Waals surface area contributed by atoms with E-state index in [1.165, 1.54) is 28.6 Å². The number of ether oxygens (including phenoxy) is 1. The third-order valence-electron chi connectivity index (χ3n) is 6.45. The molecule has 3 heterocycles. The zero-order valence-corrected chi connectivity index (χ0v) is 18.4. The average Bonchev–Trinajstić information content (AvgIpc) is 3.31. The summed E-state index contributed by atoms with van der Waals surface area (Å²) in [7, 11) is 0. The summed E-state index contributed by atoms with van der Waals surface area (Å²) in [6.45, 7) is 1.32. The highest BCUT2D eigenvalue weighted by Crippen LogP contribution is 2.36. The molecule has 2 aromatic rings. The molecule has 0 bridgehead atoms. The van der Waals surface area contributed by atoms with Crippen molar-refractivity contribution in [3.8, 4) is 0 Å². The predicted molar refractivity (Wildman–Crippen MR) is 117 cm³/mol. The largest absolute Gasteiger partial charge is 0.376 e. The van der Waals surface area contributed by atoms with Crippen molar-refractivity contribution in [2.24, 2.45) is 0 Å². The monoisotopic (exact) mass is 432 g/mol. The van der Waals surface area contributed by atoms with Crippen molar-refractivity contribution in [3.63, 3.8) is 0 Å². The molecule has 2 aliphatic carbocycles. The van der Waals surface area contributed by atoms with E-state index >= 15 is 0 Å². The van der Waals surface area contributed by atoms with Gasteiger partial charge in [-0.25, -0.2) is 4.98 Å². The zero-order chi connectivity index (χ0) is 19.8. The van der Waals surface area contributed by atoms with E-state index in [9.17, 15) is 9.59 Å². The minimum atomic E-state index is -0.0767. The van der Waals surface area contributed by atoms with Crippen molar-refractivity contribution in [1.82, 2.24) is 9.55 Å². The number of carbonyl (C=O) groups excluding carboxylic acids is 1. The molecule has 1 aliphatic heterocycles. The summed E-state index contributed by atoms with van der Waals surface area (Å²) in [4.78, 5) is 33.4. The van der Waals surface area contributed by atoms with Crippen molar-refractivity contribution in [2.45, 2.75) is 93.7 Å². The van der Waals surface area contributed by atoms with Crippen LogP contribution in [0, 0.1) is 0 Å². The molecule has 0 N–H and O–H groups in total. The second-order valence-corrected chi connectivity index (χ2v) is 10.8. The lowest BCUT2D eigenvalue weighted by molar-refractivity contribution is -0.118. The maximum atomic E-state index is 13.6. The summed E-state index contributed by atoms with van der Waals surface area (Å²) in [5.74, 6) is 0.316. The van der Waals surface area contributed by atoms with Gasteiger partial charge in [-0.1, -0.05) is 24.6 Å².